The van der Waals surface area contributed by atoms with Gasteiger partial charge in [0.1, 0.15) is 23.3 Å². The Kier molecular flexibility index (Phi) is 3.80. The molecule has 0 aliphatic rings. The lowest BCUT2D eigenvalue weighted by molar-refractivity contribution is 0.584. The van der Waals surface area contributed by atoms with Gasteiger partial charge in [-0.25, -0.2) is 18.7 Å². The quantitative estimate of drug-likeness (QED) is 0.851. The van der Waals surface area contributed by atoms with Crippen molar-refractivity contribution >= 4 is 21.7 Å². The van der Waals surface area contributed by atoms with Gasteiger partial charge in [-0.15, -0.1) is 0 Å². The van der Waals surface area contributed by atoms with E-state index in [1.54, 1.807) is 0 Å². The highest BCUT2D eigenvalue weighted by atomic mass is 79.9. The predicted molar refractivity (Wildman–Crippen MR) is 73.6 cm³/mol. The maximum absolute atomic E-state index is 14.0. The van der Waals surface area contributed by atoms with Crippen molar-refractivity contribution in [1.82, 2.24) is 9.97 Å². The van der Waals surface area contributed by atoms with Crippen LogP contribution in [0.2, 0.25) is 0 Å². The topological polar surface area (TPSA) is 51.8 Å². The fraction of sp³-hybridized carbons (Fsp3) is 0.231. The molecule has 0 aliphatic heterocycles. The Labute approximate surface area is 118 Å². The molecule has 1 aromatic carbocycles. The number of nitrogen functional groups attached to an aromatic ring is 1. The number of halogens is 3. The summed E-state index contributed by atoms with van der Waals surface area (Å²) < 4.78 is 28.0. The molecule has 2 rings (SSSR count). The molecule has 0 unspecified atom stereocenters. The largest absolute Gasteiger partial charge is 0.384 e. The van der Waals surface area contributed by atoms with Crippen LogP contribution in [0.1, 0.15) is 25.6 Å². The van der Waals surface area contributed by atoms with Crippen LogP contribution in [0.4, 0.5) is 14.6 Å². The molecule has 0 saturated heterocycles. The minimum Gasteiger partial charge on any atom is -0.384 e. The first kappa shape index (κ1) is 13.9. The molecule has 2 N–H and O–H groups in total. The van der Waals surface area contributed by atoms with E-state index in [1.165, 1.54) is 18.2 Å². The molecular weight excluding hydrogens is 316 g/mol. The Hall–Kier alpha value is -1.56. The van der Waals surface area contributed by atoms with E-state index in [9.17, 15) is 8.78 Å². The van der Waals surface area contributed by atoms with E-state index in [0.717, 1.165) is 0 Å². The summed E-state index contributed by atoms with van der Waals surface area (Å²) in [5.41, 5.74) is 5.61. The van der Waals surface area contributed by atoms with Crippen molar-refractivity contribution in [1.29, 1.82) is 0 Å². The Balaban J connectivity index is 2.69. The standard InChI is InChI=1S/C13H12BrF2N3/c1-6(2)13-18-9(5-10(17)19-13)11-8(15)4-3-7(14)12(11)16/h3-6H,1-2H3,(H2,17,18,19). The summed E-state index contributed by atoms with van der Waals surface area (Å²) in [5, 5.41) is 0. The van der Waals surface area contributed by atoms with Crippen molar-refractivity contribution in [2.45, 2.75) is 19.8 Å². The van der Waals surface area contributed by atoms with Gasteiger partial charge in [-0.1, -0.05) is 13.8 Å². The molecule has 19 heavy (non-hydrogen) atoms. The SMILES string of the molecule is CC(C)c1nc(N)cc(-c2c(F)ccc(Br)c2F)n1. The van der Waals surface area contributed by atoms with Crippen LogP contribution in [0.15, 0.2) is 22.7 Å². The molecule has 1 aromatic heterocycles. The molecular formula is C13H12BrF2N3. The second-order valence-electron chi connectivity index (χ2n) is 4.41. The van der Waals surface area contributed by atoms with Gasteiger partial charge in [0.05, 0.1) is 15.7 Å². The zero-order valence-electron chi connectivity index (χ0n) is 10.4. The first-order valence-electron chi connectivity index (χ1n) is 5.68. The average molecular weight is 328 g/mol. The van der Waals surface area contributed by atoms with Gasteiger partial charge >= 0.3 is 0 Å². The lowest BCUT2D eigenvalue weighted by Gasteiger charge is -2.10. The number of nitrogens with two attached hydrogens (primary N) is 1. The maximum Gasteiger partial charge on any atom is 0.149 e. The van der Waals surface area contributed by atoms with Gasteiger partial charge in [0.2, 0.25) is 0 Å². The van der Waals surface area contributed by atoms with Crippen LogP contribution in [0, 0.1) is 11.6 Å². The summed E-state index contributed by atoms with van der Waals surface area (Å²) in [4.78, 5) is 8.22. The lowest BCUT2D eigenvalue weighted by atomic mass is 10.1. The summed E-state index contributed by atoms with van der Waals surface area (Å²) in [6, 6.07) is 3.84. The van der Waals surface area contributed by atoms with E-state index in [4.69, 9.17) is 5.73 Å². The van der Waals surface area contributed by atoms with Crippen molar-refractivity contribution < 1.29 is 8.78 Å². The Morgan fingerprint density at radius 3 is 2.53 bits per heavy atom. The van der Waals surface area contributed by atoms with Gasteiger partial charge < -0.3 is 5.73 Å². The number of benzene rings is 1. The number of rotatable bonds is 2. The lowest BCUT2D eigenvalue weighted by Crippen LogP contribution is -2.04. The molecule has 0 amide bonds. The second-order valence-corrected chi connectivity index (χ2v) is 5.26. The molecule has 0 bridgehead atoms. The van der Waals surface area contributed by atoms with Crippen LogP contribution in [-0.4, -0.2) is 9.97 Å². The van der Waals surface area contributed by atoms with Crippen molar-refractivity contribution in [2.75, 3.05) is 5.73 Å². The van der Waals surface area contributed by atoms with Crippen LogP contribution in [0.5, 0.6) is 0 Å². The molecule has 0 spiro atoms. The Morgan fingerprint density at radius 2 is 1.89 bits per heavy atom. The van der Waals surface area contributed by atoms with Crippen LogP contribution >= 0.6 is 15.9 Å². The van der Waals surface area contributed by atoms with Gasteiger partial charge in [0.25, 0.3) is 0 Å². The number of hydrogen-bond donors (Lipinski definition) is 1. The minimum atomic E-state index is -0.701. The van der Waals surface area contributed by atoms with Crippen LogP contribution < -0.4 is 5.73 Å². The Bertz CT molecular complexity index is 630. The fourth-order valence-corrected chi connectivity index (χ4v) is 1.96. The number of anilines is 1. The molecule has 6 heteroatoms. The first-order chi connectivity index (χ1) is 8.90. The third kappa shape index (κ3) is 2.73. The molecule has 0 atom stereocenters. The van der Waals surface area contributed by atoms with E-state index < -0.39 is 11.6 Å². The molecule has 2 aromatic rings. The number of hydrogen-bond acceptors (Lipinski definition) is 3. The van der Waals surface area contributed by atoms with Crippen molar-refractivity contribution in [3.05, 3.63) is 40.1 Å². The molecule has 0 radical (unpaired) electrons. The summed E-state index contributed by atoms with van der Waals surface area (Å²) >= 11 is 3.03. The van der Waals surface area contributed by atoms with Gasteiger partial charge in [-0.2, -0.15) is 0 Å². The van der Waals surface area contributed by atoms with Crippen LogP contribution in [-0.2, 0) is 0 Å². The third-order valence-corrected chi connectivity index (χ3v) is 3.19. The van der Waals surface area contributed by atoms with Crippen molar-refractivity contribution in [2.24, 2.45) is 0 Å². The van der Waals surface area contributed by atoms with Crippen molar-refractivity contribution in [3.8, 4) is 11.3 Å². The zero-order valence-corrected chi connectivity index (χ0v) is 12.0. The maximum atomic E-state index is 14.0. The van der Waals surface area contributed by atoms with Gasteiger partial charge in [-0.3, -0.25) is 0 Å². The number of aromatic nitrogens is 2. The summed E-state index contributed by atoms with van der Waals surface area (Å²) in [6.45, 7) is 3.76. The van der Waals surface area contributed by atoms with Crippen LogP contribution in [0.3, 0.4) is 0 Å². The Morgan fingerprint density at radius 1 is 1.21 bits per heavy atom. The number of nitrogens with zero attached hydrogens (tertiary/aromatic N) is 2. The van der Waals surface area contributed by atoms with Crippen LogP contribution in [0.25, 0.3) is 11.3 Å². The highest BCUT2D eigenvalue weighted by Crippen LogP contribution is 2.30. The molecule has 1 heterocycles. The third-order valence-electron chi connectivity index (χ3n) is 2.58. The monoisotopic (exact) mass is 327 g/mol. The minimum absolute atomic E-state index is 0.0144. The summed E-state index contributed by atoms with van der Waals surface area (Å²) in [6.07, 6.45) is 0. The van der Waals surface area contributed by atoms with Gasteiger partial charge in [0, 0.05) is 12.0 Å². The highest BCUT2D eigenvalue weighted by molar-refractivity contribution is 9.10. The molecule has 3 nitrogen and oxygen atoms in total. The summed E-state index contributed by atoms with van der Waals surface area (Å²) in [5.74, 6) is -0.733. The molecule has 0 saturated carbocycles. The molecule has 100 valence electrons. The van der Waals surface area contributed by atoms with E-state index in [-0.39, 0.29) is 27.5 Å². The van der Waals surface area contributed by atoms with Crippen molar-refractivity contribution in [3.63, 3.8) is 0 Å². The van der Waals surface area contributed by atoms with E-state index >= 15 is 0 Å². The molecule has 0 fully saturated rings. The van der Waals surface area contributed by atoms with E-state index in [2.05, 4.69) is 25.9 Å². The van der Waals surface area contributed by atoms with E-state index in [1.807, 2.05) is 13.8 Å². The molecule has 0 aliphatic carbocycles. The fourth-order valence-electron chi connectivity index (χ4n) is 1.63. The second kappa shape index (κ2) is 5.21. The normalized spacial score (nSPS) is 11.1. The average Bonchev–Trinajstić information content (AvgIpc) is 2.34. The van der Waals surface area contributed by atoms with E-state index in [0.29, 0.717) is 5.82 Å². The predicted octanol–water partition coefficient (Wildman–Crippen LogP) is 3.89. The van der Waals surface area contributed by atoms with Gasteiger partial charge in [-0.05, 0) is 28.1 Å². The van der Waals surface area contributed by atoms with Gasteiger partial charge in [0.15, 0.2) is 0 Å². The zero-order chi connectivity index (χ0) is 14.2. The first-order valence-corrected chi connectivity index (χ1v) is 6.47. The highest BCUT2D eigenvalue weighted by Gasteiger charge is 2.17. The summed E-state index contributed by atoms with van der Waals surface area (Å²) in [7, 11) is 0. The smallest absolute Gasteiger partial charge is 0.149 e.